The summed E-state index contributed by atoms with van der Waals surface area (Å²) < 4.78 is 0. The molecule has 2 unspecified atom stereocenters. The van der Waals surface area contributed by atoms with E-state index in [1.807, 2.05) is 70.5 Å². The molecule has 2 aliphatic rings. The number of hydrogen-bond acceptors (Lipinski definition) is 4. The topological polar surface area (TPSA) is 82.2 Å². The van der Waals surface area contributed by atoms with E-state index in [0.29, 0.717) is 59.7 Å². The highest BCUT2D eigenvalue weighted by molar-refractivity contribution is 6.30. The van der Waals surface area contributed by atoms with E-state index in [4.69, 9.17) is 11.6 Å². The molecule has 1 aromatic heterocycles. The molecule has 0 bridgehead atoms. The average Bonchev–Trinajstić information content (AvgIpc) is 3.58. The summed E-state index contributed by atoms with van der Waals surface area (Å²) >= 11 is 5.98. The fourth-order valence-corrected chi connectivity index (χ4v) is 5.24. The van der Waals surface area contributed by atoms with Crippen LogP contribution >= 0.6 is 11.6 Å². The van der Waals surface area contributed by atoms with E-state index >= 15 is 0 Å². The number of halogens is 1. The molecule has 2 aliphatic heterocycles. The highest BCUT2D eigenvalue weighted by atomic mass is 35.5. The van der Waals surface area contributed by atoms with Crippen LogP contribution in [0.3, 0.4) is 0 Å². The van der Waals surface area contributed by atoms with Crippen molar-refractivity contribution in [2.45, 2.75) is 0 Å². The summed E-state index contributed by atoms with van der Waals surface area (Å²) in [5.74, 6) is 0.662. The Bertz CT molecular complexity index is 1370. The normalized spacial score (nSPS) is 19.6. The third-order valence-corrected chi connectivity index (χ3v) is 7.19. The van der Waals surface area contributed by atoms with Crippen molar-refractivity contribution in [1.29, 1.82) is 0 Å². The monoisotopic (exact) mass is 471 g/mol. The Balaban J connectivity index is 1.10. The van der Waals surface area contributed by atoms with Crippen LogP contribution in [0.15, 0.2) is 66.7 Å². The van der Waals surface area contributed by atoms with Crippen LogP contribution in [0.4, 0.5) is 0 Å². The second-order valence-electron chi connectivity index (χ2n) is 9.07. The Hall–Kier alpha value is -3.71. The smallest absolute Gasteiger partial charge is 0.253 e. The first-order valence-corrected chi connectivity index (χ1v) is 11.7. The number of rotatable bonds is 3. The van der Waals surface area contributed by atoms with Crippen molar-refractivity contribution in [3.63, 3.8) is 0 Å². The lowest BCUT2D eigenvalue weighted by atomic mass is 10.0. The van der Waals surface area contributed by atoms with Gasteiger partial charge in [0.1, 0.15) is 5.52 Å². The van der Waals surface area contributed by atoms with Crippen molar-refractivity contribution in [1.82, 2.24) is 25.2 Å². The molecular weight excluding hydrogens is 450 g/mol. The van der Waals surface area contributed by atoms with Crippen LogP contribution < -0.4 is 0 Å². The van der Waals surface area contributed by atoms with Gasteiger partial charge in [0.2, 0.25) is 0 Å². The zero-order chi connectivity index (χ0) is 23.2. The van der Waals surface area contributed by atoms with E-state index in [1.165, 1.54) is 0 Å². The number of nitrogens with zero attached hydrogens (tertiary/aromatic N) is 4. The number of carbonyl (C=O) groups excluding carboxylic acids is 2. The van der Waals surface area contributed by atoms with Gasteiger partial charge in [-0.3, -0.25) is 14.7 Å². The molecule has 4 aromatic rings. The van der Waals surface area contributed by atoms with Crippen LogP contribution in [0, 0.1) is 11.8 Å². The molecule has 2 fully saturated rings. The minimum Gasteiger partial charge on any atom is -0.338 e. The van der Waals surface area contributed by atoms with E-state index < -0.39 is 0 Å². The van der Waals surface area contributed by atoms with Gasteiger partial charge in [0.15, 0.2) is 0 Å². The first-order valence-electron chi connectivity index (χ1n) is 11.3. The van der Waals surface area contributed by atoms with Crippen molar-refractivity contribution >= 4 is 34.4 Å². The summed E-state index contributed by atoms with van der Waals surface area (Å²) in [6.45, 7) is 2.68. The summed E-state index contributed by atoms with van der Waals surface area (Å²) in [4.78, 5) is 30.0. The molecule has 170 valence electrons. The molecule has 8 heteroatoms. The van der Waals surface area contributed by atoms with Gasteiger partial charge in [-0.15, -0.1) is 5.10 Å². The largest absolute Gasteiger partial charge is 0.338 e. The number of nitrogens with one attached hydrogen (secondary N) is 1. The summed E-state index contributed by atoms with van der Waals surface area (Å²) in [6.07, 6.45) is 0. The number of amides is 2. The number of fused-ring (bicyclic) bond motifs is 2. The molecule has 7 nitrogen and oxygen atoms in total. The Labute approximate surface area is 201 Å². The fraction of sp³-hybridized carbons (Fsp3) is 0.231. The molecule has 1 N–H and O–H groups in total. The van der Waals surface area contributed by atoms with E-state index in [2.05, 4.69) is 15.4 Å². The molecule has 34 heavy (non-hydrogen) atoms. The van der Waals surface area contributed by atoms with Crippen molar-refractivity contribution < 1.29 is 9.59 Å². The van der Waals surface area contributed by atoms with Gasteiger partial charge >= 0.3 is 0 Å². The Kier molecular flexibility index (Phi) is 5.07. The highest BCUT2D eigenvalue weighted by Gasteiger charge is 2.43. The quantitative estimate of drug-likeness (QED) is 0.487. The minimum absolute atomic E-state index is 0.00923. The lowest BCUT2D eigenvalue weighted by molar-refractivity contribution is 0.0738. The zero-order valence-electron chi connectivity index (χ0n) is 18.3. The number of aromatic amines is 1. The van der Waals surface area contributed by atoms with Gasteiger partial charge in [-0.05, 0) is 53.6 Å². The van der Waals surface area contributed by atoms with Gasteiger partial charge in [-0.2, -0.15) is 0 Å². The van der Waals surface area contributed by atoms with Crippen LogP contribution in [0.25, 0.3) is 22.2 Å². The molecule has 6 rings (SSSR count). The molecule has 3 heterocycles. The summed E-state index contributed by atoms with van der Waals surface area (Å²) in [7, 11) is 0. The molecular formula is C26H22ClN5O2. The maximum Gasteiger partial charge on any atom is 0.253 e. The third-order valence-electron chi connectivity index (χ3n) is 6.94. The highest BCUT2D eigenvalue weighted by Crippen LogP contribution is 2.33. The SMILES string of the molecule is O=C(c1ccc(-c2ccc(Cl)cc2)cc1)N1CC2CN(C(=O)c3ccc4[nH]nnc4c3)CC2C1. The first kappa shape index (κ1) is 20.9. The second-order valence-corrected chi connectivity index (χ2v) is 9.50. The Morgan fingerprint density at radius 2 is 1.29 bits per heavy atom. The molecule has 2 atom stereocenters. The Morgan fingerprint density at radius 1 is 0.765 bits per heavy atom. The molecule has 2 saturated heterocycles. The average molecular weight is 472 g/mol. The lowest BCUT2D eigenvalue weighted by Crippen LogP contribution is -2.35. The van der Waals surface area contributed by atoms with Crippen molar-refractivity contribution in [2.24, 2.45) is 11.8 Å². The van der Waals surface area contributed by atoms with Crippen LogP contribution in [0.2, 0.25) is 5.02 Å². The predicted octanol–water partition coefficient (Wildman–Crippen LogP) is 4.12. The number of likely N-dealkylation sites (tertiary alicyclic amines) is 2. The van der Waals surface area contributed by atoms with Gasteiger partial charge in [0.25, 0.3) is 11.8 Å². The van der Waals surface area contributed by atoms with Gasteiger partial charge in [0, 0.05) is 54.2 Å². The van der Waals surface area contributed by atoms with E-state index in [0.717, 1.165) is 16.6 Å². The third kappa shape index (κ3) is 3.72. The van der Waals surface area contributed by atoms with Gasteiger partial charge in [0.05, 0.1) is 5.52 Å². The predicted molar refractivity (Wildman–Crippen MR) is 130 cm³/mol. The van der Waals surface area contributed by atoms with Crippen molar-refractivity contribution in [3.05, 3.63) is 82.9 Å². The molecule has 0 radical (unpaired) electrons. The summed E-state index contributed by atoms with van der Waals surface area (Å²) in [5.41, 5.74) is 4.91. The number of carbonyl (C=O) groups is 2. The van der Waals surface area contributed by atoms with E-state index in [-0.39, 0.29) is 11.8 Å². The second kappa shape index (κ2) is 8.25. The van der Waals surface area contributed by atoms with E-state index in [9.17, 15) is 9.59 Å². The molecule has 0 aliphatic carbocycles. The van der Waals surface area contributed by atoms with E-state index in [1.54, 1.807) is 6.07 Å². The first-order chi connectivity index (χ1) is 16.5. The lowest BCUT2D eigenvalue weighted by Gasteiger charge is -2.22. The van der Waals surface area contributed by atoms with Gasteiger partial charge in [-0.25, -0.2) is 0 Å². The fourth-order valence-electron chi connectivity index (χ4n) is 5.11. The van der Waals surface area contributed by atoms with Crippen LogP contribution in [0.1, 0.15) is 20.7 Å². The molecule has 0 spiro atoms. The van der Waals surface area contributed by atoms with Crippen LogP contribution in [-0.4, -0.2) is 63.2 Å². The number of benzene rings is 3. The number of H-pyrrole nitrogens is 1. The summed E-state index contributed by atoms with van der Waals surface area (Å²) in [6, 6.07) is 20.8. The minimum atomic E-state index is 0.00923. The maximum atomic E-state index is 13.1. The van der Waals surface area contributed by atoms with Crippen molar-refractivity contribution in [3.8, 4) is 11.1 Å². The zero-order valence-corrected chi connectivity index (χ0v) is 19.1. The van der Waals surface area contributed by atoms with Crippen LogP contribution in [-0.2, 0) is 0 Å². The van der Waals surface area contributed by atoms with Crippen molar-refractivity contribution in [2.75, 3.05) is 26.2 Å². The molecule has 0 saturated carbocycles. The van der Waals surface area contributed by atoms with Gasteiger partial charge in [-0.1, -0.05) is 41.1 Å². The summed E-state index contributed by atoms with van der Waals surface area (Å²) in [5, 5.41) is 11.3. The number of hydrogen-bond donors (Lipinski definition) is 1. The maximum absolute atomic E-state index is 13.1. The molecule has 3 aromatic carbocycles. The van der Waals surface area contributed by atoms with Crippen LogP contribution in [0.5, 0.6) is 0 Å². The Morgan fingerprint density at radius 3 is 1.91 bits per heavy atom. The van der Waals surface area contributed by atoms with Gasteiger partial charge < -0.3 is 9.80 Å². The standard InChI is InChI=1S/C26H22ClN5O2/c27-22-8-5-17(6-9-22)16-1-3-18(4-2-16)25(33)31-12-20-14-32(15-21(20)13-31)26(34)19-7-10-23-24(11-19)29-30-28-23/h1-11,20-21H,12-15H2,(H,28,29,30). The number of aromatic nitrogens is 3. The molecule has 2 amide bonds.